The normalized spacial score (nSPS) is 11.1. The van der Waals surface area contributed by atoms with Gasteiger partial charge in [0.05, 0.1) is 5.39 Å². The van der Waals surface area contributed by atoms with Crippen molar-refractivity contribution in [1.82, 2.24) is 9.97 Å². The number of halogens is 1. The molecular weight excluding hydrogens is 326 g/mol. The van der Waals surface area contributed by atoms with Gasteiger partial charge in [-0.2, -0.15) is 4.98 Å². The van der Waals surface area contributed by atoms with Gasteiger partial charge in [0.15, 0.2) is 0 Å². The molecule has 0 N–H and O–H groups in total. The van der Waals surface area contributed by atoms with Crippen LogP contribution in [0.25, 0.3) is 21.3 Å². The van der Waals surface area contributed by atoms with E-state index < -0.39 is 0 Å². The van der Waals surface area contributed by atoms with E-state index >= 15 is 0 Å². The summed E-state index contributed by atoms with van der Waals surface area (Å²) in [4.78, 5) is 12.1. The van der Waals surface area contributed by atoms with Crippen molar-refractivity contribution >= 4 is 39.0 Å². The zero-order valence-electron chi connectivity index (χ0n) is 13.6. The number of nitrogens with zero attached hydrogens (tertiary/aromatic N) is 3. The molecular formula is C18H20ClN3S. The van der Waals surface area contributed by atoms with Gasteiger partial charge >= 0.3 is 0 Å². The number of aromatic nitrogens is 2. The Balaban J connectivity index is 2.21. The molecule has 0 aliphatic rings. The van der Waals surface area contributed by atoms with E-state index in [-0.39, 0.29) is 0 Å². The number of thiophene rings is 1. The smallest absolute Gasteiger partial charge is 0.225 e. The minimum atomic E-state index is 0.314. The number of rotatable bonds is 5. The monoisotopic (exact) mass is 345 g/mol. The molecule has 1 aromatic carbocycles. The molecule has 0 aliphatic carbocycles. The van der Waals surface area contributed by atoms with Crippen LogP contribution in [0, 0.1) is 0 Å². The second-order valence-electron chi connectivity index (χ2n) is 5.37. The van der Waals surface area contributed by atoms with E-state index in [2.05, 4.69) is 65.3 Å². The Morgan fingerprint density at radius 3 is 2.35 bits per heavy atom. The quantitative estimate of drug-likeness (QED) is 0.578. The number of benzene rings is 1. The topological polar surface area (TPSA) is 29.0 Å². The highest BCUT2D eigenvalue weighted by atomic mass is 35.5. The van der Waals surface area contributed by atoms with E-state index in [9.17, 15) is 0 Å². The molecule has 5 heteroatoms. The van der Waals surface area contributed by atoms with Gasteiger partial charge in [0.1, 0.15) is 10.6 Å². The molecule has 3 aromatic rings. The second kappa shape index (κ2) is 6.85. The zero-order chi connectivity index (χ0) is 16.4. The van der Waals surface area contributed by atoms with Crippen LogP contribution in [0.2, 0.25) is 5.28 Å². The minimum Gasteiger partial charge on any atom is -0.356 e. The number of anilines is 1. The van der Waals surface area contributed by atoms with Crippen LogP contribution in [0.4, 0.5) is 5.82 Å². The van der Waals surface area contributed by atoms with E-state index in [4.69, 9.17) is 11.6 Å². The summed E-state index contributed by atoms with van der Waals surface area (Å²) in [6, 6.07) is 8.74. The second-order valence-corrected chi connectivity index (χ2v) is 6.56. The number of hydrogen-bond acceptors (Lipinski definition) is 4. The fourth-order valence-electron chi connectivity index (χ4n) is 2.78. The standard InChI is InChI=1S/C18H20ClN3S/c1-4-12-7-9-13(10-8-12)14-11-23-17-15(14)16(20-18(19)21-17)22(5-2)6-3/h7-11H,4-6H2,1-3H3. The highest BCUT2D eigenvalue weighted by molar-refractivity contribution is 7.17. The molecule has 0 atom stereocenters. The van der Waals surface area contributed by atoms with Crippen LogP contribution in [-0.4, -0.2) is 23.1 Å². The molecule has 23 heavy (non-hydrogen) atoms. The Kier molecular flexibility index (Phi) is 4.83. The van der Waals surface area contributed by atoms with Gasteiger partial charge in [-0.05, 0) is 43.0 Å². The van der Waals surface area contributed by atoms with Gasteiger partial charge in [-0.15, -0.1) is 11.3 Å². The van der Waals surface area contributed by atoms with E-state index in [0.29, 0.717) is 5.28 Å². The SMILES string of the molecule is CCc1ccc(-c2csc3nc(Cl)nc(N(CC)CC)c23)cc1. The molecule has 0 aliphatic heterocycles. The summed E-state index contributed by atoms with van der Waals surface area (Å²) in [5, 5.41) is 3.57. The van der Waals surface area contributed by atoms with Crippen LogP contribution >= 0.6 is 22.9 Å². The largest absolute Gasteiger partial charge is 0.356 e. The Morgan fingerprint density at radius 2 is 1.74 bits per heavy atom. The Hall–Kier alpha value is -1.65. The van der Waals surface area contributed by atoms with E-state index in [0.717, 1.165) is 35.5 Å². The third-order valence-electron chi connectivity index (χ3n) is 4.12. The van der Waals surface area contributed by atoms with Crippen LogP contribution < -0.4 is 4.90 Å². The molecule has 0 unspecified atom stereocenters. The van der Waals surface area contributed by atoms with Crippen molar-refractivity contribution in [2.24, 2.45) is 0 Å². The molecule has 0 radical (unpaired) electrons. The maximum Gasteiger partial charge on any atom is 0.225 e. The van der Waals surface area contributed by atoms with Gasteiger partial charge in [0.25, 0.3) is 0 Å². The van der Waals surface area contributed by atoms with Crippen molar-refractivity contribution in [2.75, 3.05) is 18.0 Å². The fraction of sp³-hybridized carbons (Fsp3) is 0.333. The Bertz CT molecular complexity index is 807. The molecule has 0 saturated heterocycles. The molecule has 0 amide bonds. The third-order valence-corrected chi connectivity index (χ3v) is 5.16. The molecule has 120 valence electrons. The van der Waals surface area contributed by atoms with E-state index in [1.807, 2.05) is 0 Å². The predicted octanol–water partition coefficient (Wildman–Crippen LogP) is 5.42. The summed E-state index contributed by atoms with van der Waals surface area (Å²) in [5.74, 6) is 0.931. The maximum atomic E-state index is 6.13. The molecule has 0 saturated carbocycles. The molecule has 0 spiro atoms. The van der Waals surface area contributed by atoms with Gasteiger partial charge in [0.2, 0.25) is 5.28 Å². The van der Waals surface area contributed by atoms with Crippen molar-refractivity contribution in [1.29, 1.82) is 0 Å². The zero-order valence-corrected chi connectivity index (χ0v) is 15.2. The van der Waals surface area contributed by atoms with Gasteiger partial charge in [0, 0.05) is 24.0 Å². The lowest BCUT2D eigenvalue weighted by atomic mass is 10.0. The predicted molar refractivity (Wildman–Crippen MR) is 101 cm³/mol. The fourth-order valence-corrected chi connectivity index (χ4v) is 3.94. The summed E-state index contributed by atoms with van der Waals surface area (Å²) < 4.78 is 0. The molecule has 0 fully saturated rings. The number of hydrogen-bond donors (Lipinski definition) is 0. The first kappa shape index (κ1) is 16.2. The van der Waals surface area contributed by atoms with E-state index in [1.54, 1.807) is 11.3 Å². The summed E-state index contributed by atoms with van der Waals surface area (Å²) in [6.07, 6.45) is 1.05. The summed E-state index contributed by atoms with van der Waals surface area (Å²) in [6.45, 7) is 8.22. The lowest BCUT2D eigenvalue weighted by Crippen LogP contribution is -2.23. The van der Waals surface area contributed by atoms with Gasteiger partial charge < -0.3 is 4.90 Å². The molecule has 3 rings (SSSR count). The average Bonchev–Trinajstić information content (AvgIpc) is 2.99. The van der Waals surface area contributed by atoms with Gasteiger partial charge in [-0.25, -0.2) is 4.98 Å². The first-order valence-electron chi connectivity index (χ1n) is 7.96. The number of aryl methyl sites for hydroxylation is 1. The molecule has 0 bridgehead atoms. The molecule has 3 nitrogen and oxygen atoms in total. The summed E-state index contributed by atoms with van der Waals surface area (Å²) >= 11 is 7.76. The molecule has 2 heterocycles. The Morgan fingerprint density at radius 1 is 1.04 bits per heavy atom. The van der Waals surface area contributed by atoms with Crippen LogP contribution in [0.3, 0.4) is 0 Å². The summed E-state index contributed by atoms with van der Waals surface area (Å²) in [5.41, 5.74) is 3.73. The average molecular weight is 346 g/mol. The number of fused-ring (bicyclic) bond motifs is 1. The molecule has 2 aromatic heterocycles. The van der Waals surface area contributed by atoms with Crippen LogP contribution in [0.1, 0.15) is 26.3 Å². The van der Waals surface area contributed by atoms with Crippen molar-refractivity contribution in [2.45, 2.75) is 27.2 Å². The van der Waals surface area contributed by atoms with Crippen molar-refractivity contribution in [3.05, 3.63) is 40.5 Å². The summed E-state index contributed by atoms with van der Waals surface area (Å²) in [7, 11) is 0. The van der Waals surface area contributed by atoms with Gasteiger partial charge in [-0.3, -0.25) is 0 Å². The lowest BCUT2D eigenvalue weighted by molar-refractivity contribution is 0.849. The van der Waals surface area contributed by atoms with Crippen LogP contribution in [-0.2, 0) is 6.42 Å². The Labute approximate surface area is 146 Å². The van der Waals surface area contributed by atoms with Gasteiger partial charge in [-0.1, -0.05) is 31.2 Å². The lowest BCUT2D eigenvalue weighted by Gasteiger charge is -2.21. The highest BCUT2D eigenvalue weighted by Crippen LogP contribution is 2.38. The van der Waals surface area contributed by atoms with Crippen molar-refractivity contribution in [3.8, 4) is 11.1 Å². The highest BCUT2D eigenvalue weighted by Gasteiger charge is 2.18. The van der Waals surface area contributed by atoms with E-state index in [1.165, 1.54) is 16.7 Å². The van der Waals surface area contributed by atoms with Crippen LogP contribution in [0.5, 0.6) is 0 Å². The third kappa shape index (κ3) is 3.06. The van der Waals surface area contributed by atoms with Crippen LogP contribution in [0.15, 0.2) is 29.6 Å². The van der Waals surface area contributed by atoms with Crippen molar-refractivity contribution < 1.29 is 0 Å². The van der Waals surface area contributed by atoms with Crippen molar-refractivity contribution in [3.63, 3.8) is 0 Å². The maximum absolute atomic E-state index is 6.13. The first-order valence-corrected chi connectivity index (χ1v) is 9.22. The minimum absolute atomic E-state index is 0.314. The first-order chi connectivity index (χ1) is 11.2.